The molecule has 2 aromatic rings. The molecule has 2 aliphatic heterocycles. The molecule has 0 saturated carbocycles. The van der Waals surface area contributed by atoms with Crippen molar-refractivity contribution in [2.24, 2.45) is 0 Å². The van der Waals surface area contributed by atoms with Crippen molar-refractivity contribution in [2.45, 2.75) is 76.5 Å². The highest BCUT2D eigenvalue weighted by Crippen LogP contribution is 2.34. The van der Waals surface area contributed by atoms with E-state index in [4.69, 9.17) is 18.9 Å². The van der Waals surface area contributed by atoms with E-state index in [2.05, 4.69) is 0 Å². The van der Waals surface area contributed by atoms with Crippen LogP contribution in [0.5, 0.6) is 0 Å². The third kappa shape index (κ3) is 5.73. The third-order valence-electron chi connectivity index (χ3n) is 6.41. The van der Waals surface area contributed by atoms with Gasteiger partial charge in [0.25, 0.3) is 5.91 Å². The first-order valence-corrected chi connectivity index (χ1v) is 11.8. The number of aliphatic hydroxyl groups is 1. The van der Waals surface area contributed by atoms with Crippen LogP contribution in [0.2, 0.25) is 0 Å². The fraction of sp³-hybridized carbons (Fsp3) is 0.481. The lowest BCUT2D eigenvalue weighted by Crippen LogP contribution is -2.55. The molecule has 2 aromatic carbocycles. The Morgan fingerprint density at radius 3 is 2.23 bits per heavy atom. The second-order valence-electron chi connectivity index (χ2n) is 9.96. The molecule has 0 spiro atoms. The van der Waals surface area contributed by atoms with Gasteiger partial charge in [-0.3, -0.25) is 4.79 Å². The largest absolute Gasteiger partial charge is 0.441 e. The number of ether oxygens (including phenoxy) is 4. The molecule has 2 amide bonds. The Morgan fingerprint density at radius 1 is 1.06 bits per heavy atom. The Balaban J connectivity index is 1.61. The Morgan fingerprint density at radius 2 is 1.66 bits per heavy atom. The molecule has 2 saturated heterocycles. The molecular weight excluding hydrogens is 450 g/mol. The summed E-state index contributed by atoms with van der Waals surface area (Å²) in [6, 6.07) is 18.3. The number of benzene rings is 2. The number of nitrogens with zero attached hydrogens (tertiary/aromatic N) is 1. The molecule has 0 aromatic heterocycles. The number of amides is 2. The zero-order valence-corrected chi connectivity index (χ0v) is 20.5. The van der Waals surface area contributed by atoms with Crippen molar-refractivity contribution < 1.29 is 33.6 Å². The van der Waals surface area contributed by atoms with Crippen LogP contribution >= 0.6 is 0 Å². The molecule has 2 fully saturated rings. The first-order chi connectivity index (χ1) is 16.6. The van der Waals surface area contributed by atoms with Gasteiger partial charge in [-0.1, -0.05) is 60.7 Å². The Hall–Kier alpha value is -2.78. The normalized spacial score (nSPS) is 24.7. The van der Waals surface area contributed by atoms with Gasteiger partial charge in [0, 0.05) is 0 Å². The van der Waals surface area contributed by atoms with Crippen LogP contribution < -0.4 is 0 Å². The molecular formula is C27H33NO7. The zero-order chi connectivity index (χ0) is 25.2. The lowest BCUT2D eigenvalue weighted by Gasteiger charge is -2.32. The molecule has 4 atom stereocenters. The molecule has 2 heterocycles. The molecule has 0 aliphatic carbocycles. The van der Waals surface area contributed by atoms with Crippen LogP contribution in [-0.2, 0) is 36.8 Å². The number of imide groups is 1. The van der Waals surface area contributed by atoms with E-state index in [-0.39, 0.29) is 13.2 Å². The number of rotatable bonds is 8. The Labute approximate surface area is 205 Å². The highest BCUT2D eigenvalue weighted by atomic mass is 16.7. The predicted octanol–water partition coefficient (Wildman–Crippen LogP) is 3.45. The summed E-state index contributed by atoms with van der Waals surface area (Å²) in [5.74, 6) is -1.57. The van der Waals surface area contributed by atoms with E-state index in [0.29, 0.717) is 6.42 Å². The van der Waals surface area contributed by atoms with Gasteiger partial charge in [-0.2, -0.15) is 0 Å². The van der Waals surface area contributed by atoms with Gasteiger partial charge in [0.1, 0.15) is 17.8 Å². The average Bonchev–Trinajstić information content (AvgIpc) is 3.29. The quantitative estimate of drug-likeness (QED) is 0.615. The van der Waals surface area contributed by atoms with Crippen LogP contribution in [0, 0.1) is 0 Å². The first kappa shape index (κ1) is 25.3. The number of hydrogen-bond donors (Lipinski definition) is 1. The van der Waals surface area contributed by atoms with Gasteiger partial charge in [0.2, 0.25) is 0 Å². The van der Waals surface area contributed by atoms with Crippen molar-refractivity contribution in [1.82, 2.24) is 4.90 Å². The minimum atomic E-state index is -1.36. The second kappa shape index (κ2) is 10.1. The van der Waals surface area contributed by atoms with Crippen molar-refractivity contribution in [1.29, 1.82) is 0 Å². The van der Waals surface area contributed by atoms with Crippen LogP contribution in [0.25, 0.3) is 0 Å². The number of carbonyl (C=O) groups is 2. The third-order valence-corrected chi connectivity index (χ3v) is 6.41. The molecule has 0 radical (unpaired) electrons. The Bertz CT molecular complexity index is 1020. The summed E-state index contributed by atoms with van der Waals surface area (Å²) in [5.41, 5.74) is 0.858. The van der Waals surface area contributed by atoms with E-state index in [1.54, 1.807) is 27.7 Å². The SMILES string of the molecule is CC1(C)OC[C@H]([C@H](O)[C@@H](OCc2ccccc2)C(=O)N2C(=O)OC(C)(C)[C@H]2Cc2ccccc2)O1. The highest BCUT2D eigenvalue weighted by molar-refractivity contribution is 5.97. The molecule has 188 valence electrons. The number of aliphatic hydroxyl groups excluding tert-OH is 1. The van der Waals surface area contributed by atoms with E-state index in [1.165, 1.54) is 0 Å². The zero-order valence-electron chi connectivity index (χ0n) is 20.5. The summed E-state index contributed by atoms with van der Waals surface area (Å²) in [5, 5.41) is 11.2. The van der Waals surface area contributed by atoms with Gasteiger partial charge in [-0.05, 0) is 45.2 Å². The summed E-state index contributed by atoms with van der Waals surface area (Å²) in [7, 11) is 0. The van der Waals surface area contributed by atoms with Crippen LogP contribution in [0.4, 0.5) is 4.79 Å². The van der Waals surface area contributed by atoms with Crippen LogP contribution in [0.15, 0.2) is 60.7 Å². The second-order valence-corrected chi connectivity index (χ2v) is 9.96. The Kier molecular flexibility index (Phi) is 7.28. The molecule has 1 N–H and O–H groups in total. The van der Waals surface area contributed by atoms with E-state index in [9.17, 15) is 14.7 Å². The van der Waals surface area contributed by atoms with Crippen molar-refractivity contribution in [3.63, 3.8) is 0 Å². The molecule has 0 bridgehead atoms. The summed E-state index contributed by atoms with van der Waals surface area (Å²) >= 11 is 0. The summed E-state index contributed by atoms with van der Waals surface area (Å²) in [6.45, 7) is 7.18. The molecule has 4 rings (SSSR count). The highest BCUT2D eigenvalue weighted by Gasteiger charge is 2.54. The van der Waals surface area contributed by atoms with Gasteiger partial charge in [-0.25, -0.2) is 9.69 Å². The lowest BCUT2D eigenvalue weighted by atomic mass is 9.91. The molecule has 35 heavy (non-hydrogen) atoms. The first-order valence-electron chi connectivity index (χ1n) is 11.8. The number of cyclic esters (lactones) is 1. The van der Waals surface area contributed by atoms with E-state index >= 15 is 0 Å². The topological polar surface area (TPSA) is 94.5 Å². The molecule has 8 nitrogen and oxygen atoms in total. The molecule has 8 heteroatoms. The van der Waals surface area contributed by atoms with Crippen molar-refractivity contribution in [3.8, 4) is 0 Å². The predicted molar refractivity (Wildman–Crippen MR) is 127 cm³/mol. The number of hydrogen-bond acceptors (Lipinski definition) is 7. The van der Waals surface area contributed by atoms with Crippen molar-refractivity contribution in [3.05, 3.63) is 71.8 Å². The van der Waals surface area contributed by atoms with Crippen LogP contribution in [0.3, 0.4) is 0 Å². The maximum Gasteiger partial charge on any atom is 0.417 e. The minimum Gasteiger partial charge on any atom is -0.441 e. The van der Waals surface area contributed by atoms with Gasteiger partial charge in [0.15, 0.2) is 11.9 Å². The maximum absolute atomic E-state index is 13.9. The average molecular weight is 484 g/mol. The molecule has 0 unspecified atom stereocenters. The van der Waals surface area contributed by atoms with Crippen LogP contribution in [0.1, 0.15) is 38.8 Å². The van der Waals surface area contributed by atoms with Crippen molar-refractivity contribution >= 4 is 12.0 Å². The maximum atomic E-state index is 13.9. The van der Waals surface area contributed by atoms with Crippen LogP contribution in [-0.4, -0.2) is 64.4 Å². The van der Waals surface area contributed by atoms with Gasteiger partial charge < -0.3 is 24.1 Å². The molecule has 2 aliphatic rings. The fourth-order valence-electron chi connectivity index (χ4n) is 4.49. The number of carbonyl (C=O) groups excluding carboxylic acids is 2. The van der Waals surface area contributed by atoms with E-state index in [1.807, 2.05) is 60.7 Å². The minimum absolute atomic E-state index is 0.0703. The van der Waals surface area contributed by atoms with Gasteiger partial charge in [-0.15, -0.1) is 0 Å². The smallest absolute Gasteiger partial charge is 0.417 e. The van der Waals surface area contributed by atoms with E-state index < -0.39 is 47.7 Å². The monoisotopic (exact) mass is 483 g/mol. The summed E-state index contributed by atoms with van der Waals surface area (Å²) < 4.78 is 23.0. The standard InChI is InChI=1S/C27H33NO7/c1-26(2)21(15-18-11-7-5-8-12-18)28(25(31)35-26)24(30)23(32-16-19-13-9-6-10-14-19)22(29)20-17-33-27(3,4)34-20/h5-14,20-23,29H,15-17H2,1-4H3/t20-,21-,22+,23-/m1/s1. The van der Waals surface area contributed by atoms with E-state index in [0.717, 1.165) is 16.0 Å². The summed E-state index contributed by atoms with van der Waals surface area (Å²) in [4.78, 5) is 27.9. The van der Waals surface area contributed by atoms with Gasteiger partial charge in [0.05, 0.1) is 19.3 Å². The van der Waals surface area contributed by atoms with Gasteiger partial charge >= 0.3 is 6.09 Å². The van der Waals surface area contributed by atoms with Crippen molar-refractivity contribution in [2.75, 3.05) is 6.61 Å². The lowest BCUT2D eigenvalue weighted by molar-refractivity contribution is -0.176. The fourth-order valence-corrected chi connectivity index (χ4v) is 4.49. The summed E-state index contributed by atoms with van der Waals surface area (Å²) in [6.07, 6.45) is -3.87.